The van der Waals surface area contributed by atoms with Gasteiger partial charge in [0.2, 0.25) is 0 Å². The lowest BCUT2D eigenvalue weighted by Gasteiger charge is -2.19. The van der Waals surface area contributed by atoms with Gasteiger partial charge in [0.25, 0.3) is 0 Å². The fourth-order valence-corrected chi connectivity index (χ4v) is 3.47. The third-order valence-electron chi connectivity index (χ3n) is 3.63. The summed E-state index contributed by atoms with van der Waals surface area (Å²) in [6.07, 6.45) is 1.06. The second-order valence-corrected chi connectivity index (χ2v) is 5.99. The van der Waals surface area contributed by atoms with Crippen molar-refractivity contribution in [2.75, 3.05) is 6.54 Å². The molecule has 0 amide bonds. The zero-order valence-corrected chi connectivity index (χ0v) is 12.5. The predicted molar refractivity (Wildman–Crippen MR) is 88.4 cm³/mol. The standard InChI is InChI=1S/C18H19NS/c1-2-19-18(13-15-9-6-12-20-15)17-11-5-8-14-7-3-4-10-16(14)17/h3-12,18-19H,2,13H2,1H3. The topological polar surface area (TPSA) is 12.0 Å². The van der Waals surface area contributed by atoms with Crippen LogP contribution in [0.25, 0.3) is 10.8 Å². The molecule has 20 heavy (non-hydrogen) atoms. The van der Waals surface area contributed by atoms with Crippen molar-refractivity contribution >= 4 is 22.1 Å². The summed E-state index contributed by atoms with van der Waals surface area (Å²) in [6.45, 7) is 3.16. The summed E-state index contributed by atoms with van der Waals surface area (Å²) in [5.74, 6) is 0. The van der Waals surface area contributed by atoms with Crippen molar-refractivity contribution in [2.24, 2.45) is 0 Å². The average Bonchev–Trinajstić information content (AvgIpc) is 2.99. The van der Waals surface area contributed by atoms with E-state index >= 15 is 0 Å². The van der Waals surface area contributed by atoms with Crippen molar-refractivity contribution in [3.63, 3.8) is 0 Å². The lowest BCUT2D eigenvalue weighted by atomic mass is 9.96. The Kier molecular flexibility index (Phi) is 4.14. The van der Waals surface area contributed by atoms with Crippen LogP contribution in [-0.4, -0.2) is 6.54 Å². The van der Waals surface area contributed by atoms with Crippen LogP contribution in [-0.2, 0) is 6.42 Å². The number of hydrogen-bond donors (Lipinski definition) is 1. The molecule has 0 saturated carbocycles. The monoisotopic (exact) mass is 281 g/mol. The second kappa shape index (κ2) is 6.21. The summed E-state index contributed by atoms with van der Waals surface area (Å²) in [5, 5.41) is 8.47. The smallest absolute Gasteiger partial charge is 0.0374 e. The molecule has 0 aliphatic rings. The molecule has 0 aliphatic carbocycles. The molecule has 1 N–H and O–H groups in total. The maximum absolute atomic E-state index is 3.64. The van der Waals surface area contributed by atoms with Crippen molar-refractivity contribution in [1.29, 1.82) is 0 Å². The number of likely N-dealkylation sites (N-methyl/N-ethyl adjacent to an activating group) is 1. The van der Waals surface area contributed by atoms with Gasteiger partial charge in [0.05, 0.1) is 0 Å². The summed E-state index contributed by atoms with van der Waals surface area (Å²) < 4.78 is 0. The van der Waals surface area contributed by atoms with Gasteiger partial charge in [0, 0.05) is 17.3 Å². The van der Waals surface area contributed by atoms with E-state index in [-0.39, 0.29) is 0 Å². The van der Waals surface area contributed by atoms with Crippen LogP contribution in [0.1, 0.15) is 23.4 Å². The number of benzene rings is 2. The number of hydrogen-bond acceptors (Lipinski definition) is 2. The highest BCUT2D eigenvalue weighted by atomic mass is 32.1. The lowest BCUT2D eigenvalue weighted by molar-refractivity contribution is 0.557. The van der Waals surface area contributed by atoms with Gasteiger partial charge in [0.15, 0.2) is 0 Å². The highest BCUT2D eigenvalue weighted by Gasteiger charge is 2.14. The first-order valence-corrected chi connectivity index (χ1v) is 8.00. The van der Waals surface area contributed by atoms with E-state index in [0.717, 1.165) is 13.0 Å². The van der Waals surface area contributed by atoms with E-state index in [1.807, 2.05) is 11.3 Å². The largest absolute Gasteiger partial charge is 0.310 e. The molecule has 3 aromatic rings. The Morgan fingerprint density at radius 3 is 2.65 bits per heavy atom. The van der Waals surface area contributed by atoms with E-state index in [4.69, 9.17) is 0 Å². The van der Waals surface area contributed by atoms with Gasteiger partial charge in [-0.25, -0.2) is 0 Å². The van der Waals surface area contributed by atoms with E-state index in [2.05, 4.69) is 72.2 Å². The highest BCUT2D eigenvalue weighted by Crippen LogP contribution is 2.27. The van der Waals surface area contributed by atoms with Gasteiger partial charge >= 0.3 is 0 Å². The van der Waals surface area contributed by atoms with Crippen molar-refractivity contribution < 1.29 is 0 Å². The molecular weight excluding hydrogens is 262 g/mol. The lowest BCUT2D eigenvalue weighted by Crippen LogP contribution is -2.22. The third-order valence-corrected chi connectivity index (χ3v) is 4.53. The molecule has 3 rings (SSSR count). The molecule has 1 nitrogen and oxygen atoms in total. The van der Waals surface area contributed by atoms with Crippen LogP contribution in [0.15, 0.2) is 60.0 Å². The van der Waals surface area contributed by atoms with Gasteiger partial charge in [0.1, 0.15) is 0 Å². The van der Waals surface area contributed by atoms with Crippen LogP contribution < -0.4 is 5.32 Å². The summed E-state index contributed by atoms with van der Waals surface area (Å²) in [5.41, 5.74) is 1.40. The zero-order valence-electron chi connectivity index (χ0n) is 11.7. The van der Waals surface area contributed by atoms with E-state index in [1.165, 1.54) is 21.2 Å². The Morgan fingerprint density at radius 1 is 1.00 bits per heavy atom. The fourth-order valence-electron chi connectivity index (χ4n) is 2.72. The van der Waals surface area contributed by atoms with Gasteiger partial charge in [-0.1, -0.05) is 55.5 Å². The molecule has 0 bridgehead atoms. The van der Waals surface area contributed by atoms with Crippen LogP contribution in [0.5, 0.6) is 0 Å². The van der Waals surface area contributed by atoms with Gasteiger partial charge < -0.3 is 5.32 Å². The molecule has 0 spiro atoms. The van der Waals surface area contributed by atoms with Crippen LogP contribution in [0.2, 0.25) is 0 Å². The van der Waals surface area contributed by atoms with E-state index in [0.29, 0.717) is 6.04 Å². The highest BCUT2D eigenvalue weighted by molar-refractivity contribution is 7.09. The Balaban J connectivity index is 2.00. The number of fused-ring (bicyclic) bond motifs is 1. The SMILES string of the molecule is CCNC(Cc1cccs1)c1cccc2ccccc12. The van der Waals surface area contributed by atoms with E-state index in [9.17, 15) is 0 Å². The molecule has 1 atom stereocenters. The van der Waals surface area contributed by atoms with Crippen molar-refractivity contribution in [3.8, 4) is 0 Å². The third kappa shape index (κ3) is 2.77. The van der Waals surface area contributed by atoms with Gasteiger partial charge in [-0.15, -0.1) is 11.3 Å². The van der Waals surface area contributed by atoms with Crippen LogP contribution >= 0.6 is 11.3 Å². The first-order valence-electron chi connectivity index (χ1n) is 7.12. The Morgan fingerprint density at radius 2 is 1.85 bits per heavy atom. The summed E-state index contributed by atoms with van der Waals surface area (Å²) in [6, 6.07) is 20.0. The fraction of sp³-hybridized carbons (Fsp3) is 0.222. The first-order chi connectivity index (χ1) is 9.88. The molecule has 0 aliphatic heterocycles. The van der Waals surface area contributed by atoms with E-state index < -0.39 is 0 Å². The van der Waals surface area contributed by atoms with Crippen molar-refractivity contribution in [1.82, 2.24) is 5.32 Å². The number of nitrogens with one attached hydrogen (secondary N) is 1. The minimum Gasteiger partial charge on any atom is -0.310 e. The van der Waals surface area contributed by atoms with Crippen LogP contribution in [0.3, 0.4) is 0 Å². The Labute approximate surface area is 124 Å². The number of rotatable bonds is 5. The van der Waals surface area contributed by atoms with Gasteiger partial charge in [-0.3, -0.25) is 0 Å². The molecule has 2 heteroatoms. The molecule has 2 aromatic carbocycles. The first kappa shape index (κ1) is 13.3. The number of thiophene rings is 1. The Hall–Kier alpha value is -1.64. The van der Waals surface area contributed by atoms with Gasteiger partial charge in [-0.2, -0.15) is 0 Å². The normalized spacial score (nSPS) is 12.7. The average molecular weight is 281 g/mol. The minimum atomic E-state index is 0.379. The molecule has 102 valence electrons. The molecule has 1 aromatic heterocycles. The quantitative estimate of drug-likeness (QED) is 0.708. The van der Waals surface area contributed by atoms with Crippen molar-refractivity contribution in [2.45, 2.75) is 19.4 Å². The zero-order chi connectivity index (χ0) is 13.8. The maximum Gasteiger partial charge on any atom is 0.0374 e. The summed E-state index contributed by atoms with van der Waals surface area (Å²) in [7, 11) is 0. The van der Waals surface area contributed by atoms with Crippen LogP contribution in [0, 0.1) is 0 Å². The van der Waals surface area contributed by atoms with E-state index in [1.54, 1.807) is 0 Å². The second-order valence-electron chi connectivity index (χ2n) is 4.96. The van der Waals surface area contributed by atoms with Crippen molar-refractivity contribution in [3.05, 3.63) is 70.4 Å². The molecule has 1 unspecified atom stereocenters. The predicted octanol–water partition coefficient (Wildman–Crippen LogP) is 4.79. The maximum atomic E-state index is 3.64. The molecular formula is C18H19NS. The molecule has 0 radical (unpaired) electrons. The van der Waals surface area contributed by atoms with Crippen LogP contribution in [0.4, 0.5) is 0 Å². The molecule has 0 saturated heterocycles. The Bertz CT molecular complexity index is 667. The summed E-state index contributed by atoms with van der Waals surface area (Å²) >= 11 is 1.84. The van der Waals surface area contributed by atoms with Gasteiger partial charge in [-0.05, 0) is 34.3 Å². The minimum absolute atomic E-state index is 0.379. The molecule has 0 fully saturated rings. The molecule has 1 heterocycles. The summed E-state index contributed by atoms with van der Waals surface area (Å²) in [4.78, 5) is 1.43.